The summed E-state index contributed by atoms with van der Waals surface area (Å²) in [5, 5.41) is 4.61. The number of halogens is 3. The number of hydrogen-bond acceptors (Lipinski definition) is 1. The first-order valence-electron chi connectivity index (χ1n) is 7.14. The lowest BCUT2D eigenvalue weighted by Gasteiger charge is -2.10. The van der Waals surface area contributed by atoms with E-state index in [-0.39, 0.29) is 11.2 Å². The number of aromatic nitrogens is 2. The Morgan fingerprint density at radius 3 is 2.62 bits per heavy atom. The molecule has 0 aliphatic carbocycles. The van der Waals surface area contributed by atoms with E-state index in [0.717, 1.165) is 39.8 Å². The highest BCUT2D eigenvalue weighted by atomic mass is 79.9. The van der Waals surface area contributed by atoms with Crippen molar-refractivity contribution in [3.8, 4) is 0 Å². The fraction of sp³-hybridized carbons (Fsp3) is 0.438. The summed E-state index contributed by atoms with van der Waals surface area (Å²) in [6.45, 7) is 6.68. The predicted octanol–water partition coefficient (Wildman–Crippen LogP) is 5.26. The van der Waals surface area contributed by atoms with Crippen LogP contribution in [0.2, 0.25) is 0 Å². The van der Waals surface area contributed by atoms with Crippen LogP contribution in [-0.4, -0.2) is 9.78 Å². The normalized spacial score (nSPS) is 12.7. The first-order valence-corrected chi connectivity index (χ1v) is 8.37. The summed E-state index contributed by atoms with van der Waals surface area (Å²) >= 11 is 9.79. The molecule has 0 saturated heterocycles. The average Bonchev–Trinajstić information content (AvgIpc) is 2.80. The molecular formula is C16H19BrClFN2. The lowest BCUT2D eigenvalue weighted by molar-refractivity contribution is 0.610. The molecule has 0 spiro atoms. The Kier molecular flexibility index (Phi) is 5.44. The number of hydrogen-bond donors (Lipinski definition) is 0. The number of benzene rings is 1. The fourth-order valence-electron chi connectivity index (χ4n) is 2.62. The van der Waals surface area contributed by atoms with Crippen molar-refractivity contribution in [3.63, 3.8) is 0 Å². The molecule has 2 aromatic rings. The summed E-state index contributed by atoms with van der Waals surface area (Å²) in [6, 6.07) is 4.72. The summed E-state index contributed by atoms with van der Waals surface area (Å²) in [7, 11) is 0. The van der Waals surface area contributed by atoms with Gasteiger partial charge in [0.25, 0.3) is 0 Å². The molecule has 0 saturated carbocycles. The van der Waals surface area contributed by atoms with Gasteiger partial charge in [-0.2, -0.15) is 5.10 Å². The van der Waals surface area contributed by atoms with E-state index in [1.165, 1.54) is 6.07 Å². The second kappa shape index (κ2) is 6.93. The molecule has 2 nitrogen and oxygen atoms in total. The number of nitrogens with zero attached hydrogens (tertiary/aromatic N) is 2. The molecule has 5 heteroatoms. The van der Waals surface area contributed by atoms with Gasteiger partial charge < -0.3 is 0 Å². The maximum Gasteiger partial charge on any atom is 0.123 e. The Hall–Kier alpha value is -0.870. The van der Waals surface area contributed by atoms with Crippen LogP contribution in [0.4, 0.5) is 4.39 Å². The summed E-state index contributed by atoms with van der Waals surface area (Å²) in [6.07, 6.45) is 1.70. The predicted molar refractivity (Wildman–Crippen MR) is 88.5 cm³/mol. The zero-order chi connectivity index (χ0) is 15.6. The summed E-state index contributed by atoms with van der Waals surface area (Å²) in [5.74, 6) is -0.236. The summed E-state index contributed by atoms with van der Waals surface area (Å²) in [5.41, 5.74) is 4.16. The quantitative estimate of drug-likeness (QED) is 0.654. The molecular weight excluding hydrogens is 355 g/mol. The molecule has 21 heavy (non-hydrogen) atoms. The molecule has 1 atom stereocenters. The molecule has 0 amide bonds. The third-order valence-corrected chi connectivity index (χ3v) is 4.56. The lowest BCUT2D eigenvalue weighted by Crippen LogP contribution is -2.07. The van der Waals surface area contributed by atoms with Crippen molar-refractivity contribution < 1.29 is 4.39 Å². The topological polar surface area (TPSA) is 17.8 Å². The highest BCUT2D eigenvalue weighted by Crippen LogP contribution is 2.29. The van der Waals surface area contributed by atoms with Gasteiger partial charge in [-0.05, 0) is 43.5 Å². The van der Waals surface area contributed by atoms with E-state index in [2.05, 4.69) is 34.9 Å². The van der Waals surface area contributed by atoms with Gasteiger partial charge in [-0.25, -0.2) is 4.39 Å². The minimum atomic E-state index is -0.236. The molecule has 114 valence electrons. The Morgan fingerprint density at radius 2 is 2.05 bits per heavy atom. The Bertz CT molecular complexity index is 637. The van der Waals surface area contributed by atoms with Gasteiger partial charge in [-0.3, -0.25) is 4.68 Å². The molecule has 1 unspecified atom stereocenters. The highest BCUT2D eigenvalue weighted by Gasteiger charge is 2.19. The van der Waals surface area contributed by atoms with Crippen molar-refractivity contribution in [1.29, 1.82) is 0 Å². The van der Waals surface area contributed by atoms with E-state index in [9.17, 15) is 4.39 Å². The monoisotopic (exact) mass is 372 g/mol. The van der Waals surface area contributed by atoms with Crippen LogP contribution in [0.5, 0.6) is 0 Å². The Morgan fingerprint density at radius 1 is 1.33 bits per heavy atom. The van der Waals surface area contributed by atoms with Crippen LogP contribution in [-0.2, 0) is 19.4 Å². The third kappa shape index (κ3) is 3.49. The van der Waals surface area contributed by atoms with Crippen LogP contribution < -0.4 is 0 Å². The molecule has 0 bridgehead atoms. The van der Waals surface area contributed by atoms with Gasteiger partial charge in [0.05, 0.1) is 17.6 Å². The summed E-state index contributed by atoms with van der Waals surface area (Å²) < 4.78 is 16.3. The molecule has 0 radical (unpaired) electrons. The number of alkyl halides is 1. The maximum atomic E-state index is 13.4. The first-order chi connectivity index (χ1) is 9.97. The van der Waals surface area contributed by atoms with Crippen molar-refractivity contribution in [3.05, 3.63) is 51.0 Å². The Balaban J connectivity index is 2.46. The molecule has 0 aliphatic rings. The van der Waals surface area contributed by atoms with Crippen LogP contribution in [0.25, 0.3) is 0 Å². The molecule has 2 rings (SSSR count). The van der Waals surface area contributed by atoms with E-state index < -0.39 is 0 Å². The largest absolute Gasteiger partial charge is 0.265 e. The van der Waals surface area contributed by atoms with Crippen LogP contribution in [0.15, 0.2) is 22.7 Å². The molecule has 1 aromatic heterocycles. The van der Waals surface area contributed by atoms with Crippen molar-refractivity contribution in [2.75, 3.05) is 0 Å². The second-order valence-electron chi connectivity index (χ2n) is 5.02. The molecule has 0 N–H and O–H groups in total. The molecule has 1 aromatic carbocycles. The smallest absolute Gasteiger partial charge is 0.123 e. The zero-order valence-corrected chi connectivity index (χ0v) is 14.8. The minimum Gasteiger partial charge on any atom is -0.265 e. The van der Waals surface area contributed by atoms with Gasteiger partial charge >= 0.3 is 0 Å². The van der Waals surface area contributed by atoms with Gasteiger partial charge in [-0.1, -0.05) is 29.8 Å². The van der Waals surface area contributed by atoms with E-state index in [1.807, 2.05) is 11.6 Å². The van der Waals surface area contributed by atoms with E-state index in [4.69, 9.17) is 11.6 Å². The van der Waals surface area contributed by atoms with E-state index >= 15 is 0 Å². The molecule has 1 heterocycles. The van der Waals surface area contributed by atoms with Gasteiger partial charge in [0.1, 0.15) is 5.82 Å². The average molecular weight is 374 g/mol. The van der Waals surface area contributed by atoms with Crippen LogP contribution in [0, 0.1) is 5.82 Å². The van der Waals surface area contributed by atoms with Crippen molar-refractivity contribution in [2.24, 2.45) is 0 Å². The van der Waals surface area contributed by atoms with Crippen LogP contribution in [0.1, 0.15) is 48.7 Å². The summed E-state index contributed by atoms with van der Waals surface area (Å²) in [4.78, 5) is 0. The highest BCUT2D eigenvalue weighted by molar-refractivity contribution is 9.10. The standard InChI is InChI=1S/C16H19BrClFN2/c1-4-14-16(10(3)18)15(5-2)21(20-14)9-11-8-12(19)6-7-13(11)17/h6-8,10H,4-5,9H2,1-3H3. The van der Waals surface area contributed by atoms with Crippen LogP contribution >= 0.6 is 27.5 Å². The van der Waals surface area contributed by atoms with E-state index in [0.29, 0.717) is 6.54 Å². The third-order valence-electron chi connectivity index (χ3n) is 3.57. The Labute approximate surface area is 138 Å². The van der Waals surface area contributed by atoms with Gasteiger partial charge in [0.2, 0.25) is 0 Å². The maximum absolute atomic E-state index is 13.4. The zero-order valence-electron chi connectivity index (χ0n) is 12.5. The van der Waals surface area contributed by atoms with Crippen molar-refractivity contribution in [2.45, 2.75) is 45.5 Å². The molecule has 0 aliphatic heterocycles. The second-order valence-corrected chi connectivity index (χ2v) is 6.53. The SMILES string of the molecule is CCc1nn(Cc2cc(F)ccc2Br)c(CC)c1C(C)Cl. The van der Waals surface area contributed by atoms with E-state index in [1.54, 1.807) is 12.1 Å². The number of aryl methyl sites for hydroxylation is 1. The first kappa shape index (κ1) is 16.5. The molecule has 0 fully saturated rings. The van der Waals surface area contributed by atoms with Crippen molar-refractivity contribution in [1.82, 2.24) is 9.78 Å². The van der Waals surface area contributed by atoms with Gasteiger partial charge in [0.15, 0.2) is 0 Å². The lowest BCUT2D eigenvalue weighted by atomic mass is 10.1. The fourth-order valence-corrected chi connectivity index (χ4v) is 3.24. The number of rotatable bonds is 5. The van der Waals surface area contributed by atoms with Gasteiger partial charge in [-0.15, -0.1) is 11.6 Å². The minimum absolute atomic E-state index is 0.0698. The van der Waals surface area contributed by atoms with Crippen LogP contribution in [0.3, 0.4) is 0 Å². The van der Waals surface area contributed by atoms with Crippen molar-refractivity contribution >= 4 is 27.5 Å². The van der Waals surface area contributed by atoms with Gasteiger partial charge in [0, 0.05) is 15.7 Å².